The van der Waals surface area contributed by atoms with E-state index in [2.05, 4.69) is 15.5 Å². The lowest BCUT2D eigenvalue weighted by atomic mass is 10.0. The molecule has 2 N–H and O–H groups in total. The number of amides is 2. The highest BCUT2D eigenvalue weighted by Gasteiger charge is 2.40. The zero-order chi connectivity index (χ0) is 29.4. The molecule has 7 nitrogen and oxygen atoms in total. The Morgan fingerprint density at radius 3 is 2.07 bits per heavy atom. The largest absolute Gasteiger partial charge is 0.417 e. The molecule has 4 aromatic rings. The van der Waals surface area contributed by atoms with Crippen LogP contribution in [0.5, 0.6) is 0 Å². The van der Waals surface area contributed by atoms with Crippen LogP contribution < -0.4 is 5.32 Å². The zero-order valence-corrected chi connectivity index (χ0v) is 21.3. The van der Waals surface area contributed by atoms with Crippen LogP contribution in [0, 0.1) is 0 Å². The predicted molar refractivity (Wildman–Crippen MR) is 138 cm³/mol. The summed E-state index contributed by atoms with van der Waals surface area (Å²) in [4.78, 5) is 28.4. The van der Waals surface area contributed by atoms with Crippen molar-refractivity contribution < 1.29 is 35.9 Å². The van der Waals surface area contributed by atoms with Gasteiger partial charge in [-0.25, -0.2) is 0 Å². The van der Waals surface area contributed by atoms with Crippen LogP contribution in [-0.4, -0.2) is 58.0 Å². The molecule has 1 aliphatic rings. The van der Waals surface area contributed by atoms with Crippen LogP contribution in [0.1, 0.15) is 37.4 Å². The Hall–Kier alpha value is -4.55. The number of hydrogen-bond acceptors (Lipinski definition) is 4. The molecule has 41 heavy (non-hydrogen) atoms. The molecule has 1 saturated heterocycles. The minimum absolute atomic E-state index is 0.0524. The number of para-hydroxylation sites is 1. The van der Waals surface area contributed by atoms with Gasteiger partial charge in [-0.05, 0) is 48.0 Å². The van der Waals surface area contributed by atoms with E-state index in [0.29, 0.717) is 30.1 Å². The average Bonchev–Trinajstić information content (AvgIpc) is 3.37. The molecule has 0 spiro atoms. The standard InChI is InChI=1S/C28H23F6N5O2/c29-27(30,31)19-9-10-20(22(15-19)28(32,33)34)26(41)39-13-11-38(12-14-39)25(40)18-7-5-17(6-8-18)16-35-24-21-3-1-2-4-23(21)36-37-24/h1-10,15H,11-14,16H2,(H2,35,36,37). The smallest absolute Gasteiger partial charge is 0.364 e. The summed E-state index contributed by atoms with van der Waals surface area (Å²) in [6, 6.07) is 15.5. The van der Waals surface area contributed by atoms with E-state index < -0.39 is 35.0 Å². The normalized spacial score (nSPS) is 14.4. The van der Waals surface area contributed by atoms with Gasteiger partial charge in [0.2, 0.25) is 0 Å². The van der Waals surface area contributed by atoms with Gasteiger partial charge in [0.25, 0.3) is 11.8 Å². The quantitative estimate of drug-likeness (QED) is 0.295. The van der Waals surface area contributed by atoms with Crippen molar-refractivity contribution in [1.29, 1.82) is 0 Å². The second-order valence-corrected chi connectivity index (χ2v) is 9.51. The van der Waals surface area contributed by atoms with Crippen molar-refractivity contribution in [3.05, 3.63) is 94.5 Å². The minimum atomic E-state index is -5.16. The number of alkyl halides is 6. The van der Waals surface area contributed by atoms with E-state index >= 15 is 0 Å². The van der Waals surface area contributed by atoms with Gasteiger partial charge < -0.3 is 15.1 Å². The van der Waals surface area contributed by atoms with Gasteiger partial charge >= 0.3 is 12.4 Å². The molecule has 13 heteroatoms. The highest BCUT2D eigenvalue weighted by Crippen LogP contribution is 2.37. The lowest BCUT2D eigenvalue weighted by Crippen LogP contribution is -2.50. The van der Waals surface area contributed by atoms with Crippen LogP contribution in [0.2, 0.25) is 0 Å². The van der Waals surface area contributed by atoms with Crippen LogP contribution in [-0.2, 0) is 18.9 Å². The van der Waals surface area contributed by atoms with Crippen molar-refractivity contribution in [3.8, 4) is 0 Å². The summed E-state index contributed by atoms with van der Waals surface area (Å²) in [5, 5.41) is 11.4. The molecule has 0 aliphatic carbocycles. The molecule has 3 aromatic carbocycles. The monoisotopic (exact) mass is 575 g/mol. The maximum Gasteiger partial charge on any atom is 0.417 e. The molecule has 0 atom stereocenters. The van der Waals surface area contributed by atoms with Gasteiger partial charge in [-0.2, -0.15) is 31.4 Å². The van der Waals surface area contributed by atoms with Gasteiger partial charge in [-0.3, -0.25) is 14.7 Å². The van der Waals surface area contributed by atoms with Crippen molar-refractivity contribution >= 4 is 28.5 Å². The number of H-pyrrole nitrogens is 1. The van der Waals surface area contributed by atoms with Gasteiger partial charge in [0, 0.05) is 43.7 Å². The summed E-state index contributed by atoms with van der Waals surface area (Å²) in [6.45, 7) is 0.448. The molecule has 1 aliphatic heterocycles. The van der Waals surface area contributed by atoms with Crippen LogP contribution in [0.3, 0.4) is 0 Å². The van der Waals surface area contributed by atoms with Crippen molar-refractivity contribution in [2.75, 3.05) is 31.5 Å². The van der Waals surface area contributed by atoms with E-state index in [9.17, 15) is 35.9 Å². The lowest BCUT2D eigenvalue weighted by Gasteiger charge is -2.35. The molecule has 2 heterocycles. The highest BCUT2D eigenvalue weighted by molar-refractivity contribution is 5.97. The number of nitrogens with one attached hydrogen (secondary N) is 2. The fourth-order valence-corrected chi connectivity index (χ4v) is 4.66. The Morgan fingerprint density at radius 1 is 0.805 bits per heavy atom. The number of piperazine rings is 1. The first-order valence-electron chi connectivity index (χ1n) is 12.5. The summed E-state index contributed by atoms with van der Waals surface area (Å²) in [5.74, 6) is -0.646. The molecular weight excluding hydrogens is 552 g/mol. The average molecular weight is 576 g/mol. The molecular formula is C28H23F6N5O2. The first-order chi connectivity index (χ1) is 19.4. The Labute approximate surface area is 229 Å². The summed E-state index contributed by atoms with van der Waals surface area (Å²) in [5.41, 5.74) is -1.80. The number of fused-ring (bicyclic) bond motifs is 1. The second kappa shape index (κ2) is 10.8. The summed E-state index contributed by atoms with van der Waals surface area (Å²) >= 11 is 0. The minimum Gasteiger partial charge on any atom is -0.364 e. The van der Waals surface area contributed by atoms with Crippen LogP contribution in [0.4, 0.5) is 32.2 Å². The number of benzene rings is 3. The van der Waals surface area contributed by atoms with E-state index in [1.807, 2.05) is 24.3 Å². The van der Waals surface area contributed by atoms with Gasteiger partial charge in [0.15, 0.2) is 5.82 Å². The topological polar surface area (TPSA) is 81.3 Å². The highest BCUT2D eigenvalue weighted by atomic mass is 19.4. The van der Waals surface area contributed by atoms with Crippen molar-refractivity contribution in [3.63, 3.8) is 0 Å². The van der Waals surface area contributed by atoms with Gasteiger partial charge in [-0.15, -0.1) is 0 Å². The number of hydrogen-bond donors (Lipinski definition) is 2. The fraction of sp³-hybridized carbons (Fsp3) is 0.250. The zero-order valence-electron chi connectivity index (χ0n) is 21.3. The Kier molecular flexibility index (Phi) is 7.37. The van der Waals surface area contributed by atoms with Gasteiger partial charge in [-0.1, -0.05) is 24.3 Å². The van der Waals surface area contributed by atoms with Gasteiger partial charge in [0.05, 0.1) is 22.2 Å². The molecule has 0 bridgehead atoms. The molecule has 0 unspecified atom stereocenters. The molecule has 5 rings (SSSR count). The summed E-state index contributed by atoms with van der Waals surface area (Å²) in [7, 11) is 0. The molecule has 1 fully saturated rings. The third-order valence-electron chi connectivity index (χ3n) is 6.87. The third kappa shape index (κ3) is 5.98. The van der Waals surface area contributed by atoms with E-state index in [-0.39, 0.29) is 38.2 Å². The fourth-order valence-electron chi connectivity index (χ4n) is 4.66. The third-order valence-corrected chi connectivity index (χ3v) is 6.87. The maximum atomic E-state index is 13.5. The summed E-state index contributed by atoms with van der Waals surface area (Å²) < 4.78 is 79.4. The first kappa shape index (κ1) is 28.0. The van der Waals surface area contributed by atoms with Crippen molar-refractivity contribution in [2.45, 2.75) is 18.9 Å². The van der Waals surface area contributed by atoms with Crippen molar-refractivity contribution in [1.82, 2.24) is 20.0 Å². The van der Waals surface area contributed by atoms with Crippen molar-refractivity contribution in [2.24, 2.45) is 0 Å². The van der Waals surface area contributed by atoms with E-state index in [4.69, 9.17) is 0 Å². The number of anilines is 1. The SMILES string of the molecule is O=C(c1ccc(CNc2n[nH]c3ccccc23)cc1)N1CCN(C(=O)c2ccc(C(F)(F)F)cc2C(F)(F)F)CC1. The predicted octanol–water partition coefficient (Wildman–Crippen LogP) is 5.81. The molecule has 214 valence electrons. The van der Waals surface area contributed by atoms with Crippen LogP contribution >= 0.6 is 0 Å². The number of aromatic nitrogens is 2. The maximum absolute atomic E-state index is 13.5. The molecule has 1 aromatic heterocycles. The van der Waals surface area contributed by atoms with Crippen LogP contribution in [0.15, 0.2) is 66.7 Å². The number of rotatable bonds is 5. The van der Waals surface area contributed by atoms with Crippen LogP contribution in [0.25, 0.3) is 10.9 Å². The molecule has 2 amide bonds. The number of carbonyl (C=O) groups excluding carboxylic acids is 2. The Morgan fingerprint density at radius 2 is 1.44 bits per heavy atom. The molecule has 0 radical (unpaired) electrons. The Bertz CT molecular complexity index is 1570. The number of carbonyl (C=O) groups is 2. The van der Waals surface area contributed by atoms with E-state index in [0.717, 1.165) is 21.4 Å². The molecule has 0 saturated carbocycles. The second-order valence-electron chi connectivity index (χ2n) is 9.51. The number of aromatic amines is 1. The van der Waals surface area contributed by atoms with E-state index in [1.165, 1.54) is 4.90 Å². The first-order valence-corrected chi connectivity index (χ1v) is 12.5. The summed E-state index contributed by atoms with van der Waals surface area (Å²) in [6.07, 6.45) is -10.1. The number of nitrogens with zero attached hydrogens (tertiary/aromatic N) is 3. The Balaban J connectivity index is 1.20. The lowest BCUT2D eigenvalue weighted by molar-refractivity contribution is -0.143. The number of halogens is 6. The van der Waals surface area contributed by atoms with Gasteiger partial charge in [0.1, 0.15) is 0 Å². The van der Waals surface area contributed by atoms with E-state index in [1.54, 1.807) is 24.3 Å².